The summed E-state index contributed by atoms with van der Waals surface area (Å²) < 4.78 is 26.8. The molecular weight excluding hydrogens is 272 g/mol. The van der Waals surface area contributed by atoms with E-state index in [0.717, 1.165) is 11.8 Å². The lowest BCUT2D eigenvalue weighted by Crippen LogP contribution is -2.09. The molecule has 6 nitrogen and oxygen atoms in total. The summed E-state index contributed by atoms with van der Waals surface area (Å²) in [6.45, 7) is 0. The molecule has 0 spiro atoms. The van der Waals surface area contributed by atoms with Gasteiger partial charge >= 0.3 is 0 Å². The maximum absolute atomic E-state index is 11.1. The number of benzene rings is 1. The first kappa shape index (κ1) is 12.8. The Kier molecular flexibility index (Phi) is 3.22. The van der Waals surface area contributed by atoms with Crippen LogP contribution in [-0.2, 0) is 17.1 Å². The van der Waals surface area contributed by atoms with Gasteiger partial charge in [0.15, 0.2) is 10.6 Å². The van der Waals surface area contributed by atoms with Crippen LogP contribution in [0.2, 0.25) is 0 Å². The Morgan fingerprint density at radius 2 is 1.94 bits per heavy atom. The van der Waals surface area contributed by atoms with Crippen molar-refractivity contribution in [1.82, 2.24) is 14.8 Å². The molecular formula is C10H12N4O2S2. The van der Waals surface area contributed by atoms with Crippen LogP contribution in [0, 0.1) is 4.77 Å². The zero-order chi connectivity index (χ0) is 13.3. The maximum Gasteiger partial charge on any atom is 0.229 e. The van der Waals surface area contributed by atoms with Gasteiger partial charge in [0.1, 0.15) is 0 Å². The summed E-state index contributed by atoms with van der Waals surface area (Å²) in [5, 5.41) is 6.79. The minimum atomic E-state index is -3.25. The number of hydrogen-bond acceptors (Lipinski definition) is 4. The van der Waals surface area contributed by atoms with Gasteiger partial charge < -0.3 is 4.57 Å². The third-order valence-corrected chi connectivity index (χ3v) is 3.30. The molecule has 0 bridgehead atoms. The molecule has 0 atom stereocenters. The van der Waals surface area contributed by atoms with Gasteiger partial charge in [0.25, 0.3) is 0 Å². The van der Waals surface area contributed by atoms with Gasteiger partial charge in [0, 0.05) is 18.3 Å². The van der Waals surface area contributed by atoms with Crippen LogP contribution >= 0.6 is 12.2 Å². The predicted octanol–water partition coefficient (Wildman–Crippen LogP) is 1.52. The zero-order valence-electron chi connectivity index (χ0n) is 9.84. The van der Waals surface area contributed by atoms with Gasteiger partial charge in [-0.05, 0) is 36.5 Å². The lowest BCUT2D eigenvalue weighted by molar-refractivity contribution is 0.607. The van der Waals surface area contributed by atoms with Crippen molar-refractivity contribution in [1.29, 1.82) is 0 Å². The van der Waals surface area contributed by atoms with E-state index < -0.39 is 10.0 Å². The van der Waals surface area contributed by atoms with Crippen molar-refractivity contribution in [2.24, 2.45) is 7.05 Å². The first-order valence-corrected chi connectivity index (χ1v) is 7.36. The van der Waals surface area contributed by atoms with Crippen molar-refractivity contribution in [2.45, 2.75) is 0 Å². The quantitative estimate of drug-likeness (QED) is 0.837. The number of hydrogen-bond donors (Lipinski definition) is 2. The molecule has 18 heavy (non-hydrogen) atoms. The van der Waals surface area contributed by atoms with Crippen molar-refractivity contribution >= 4 is 27.9 Å². The normalized spacial score (nSPS) is 11.4. The van der Waals surface area contributed by atoms with Gasteiger partial charge in [0.2, 0.25) is 10.0 Å². The van der Waals surface area contributed by atoms with E-state index in [9.17, 15) is 8.42 Å². The molecule has 0 radical (unpaired) electrons. The van der Waals surface area contributed by atoms with Crippen LogP contribution in [0.4, 0.5) is 5.69 Å². The van der Waals surface area contributed by atoms with E-state index >= 15 is 0 Å². The molecule has 2 N–H and O–H groups in total. The van der Waals surface area contributed by atoms with Crippen LogP contribution in [0.5, 0.6) is 0 Å². The fourth-order valence-electron chi connectivity index (χ4n) is 1.51. The first-order chi connectivity index (χ1) is 8.37. The molecule has 0 aliphatic carbocycles. The van der Waals surface area contributed by atoms with Crippen LogP contribution < -0.4 is 4.72 Å². The SMILES string of the molecule is Cn1c(-c2ccc(NS(C)(=O)=O)cc2)n[nH]c1=S. The summed E-state index contributed by atoms with van der Waals surface area (Å²) in [7, 11) is -1.44. The lowest BCUT2D eigenvalue weighted by atomic mass is 10.2. The highest BCUT2D eigenvalue weighted by Crippen LogP contribution is 2.19. The standard InChI is InChI=1S/C10H12N4O2S2/c1-14-9(11-12-10(14)17)7-3-5-8(6-4-7)13-18(2,15)16/h3-6,13H,1-2H3,(H,12,17). The van der Waals surface area contributed by atoms with E-state index in [1.165, 1.54) is 0 Å². The van der Waals surface area contributed by atoms with Gasteiger partial charge in [-0.3, -0.25) is 9.82 Å². The number of sulfonamides is 1. The molecule has 0 aliphatic heterocycles. The molecule has 0 fully saturated rings. The van der Waals surface area contributed by atoms with Crippen LogP contribution in [0.25, 0.3) is 11.4 Å². The average Bonchev–Trinajstić information content (AvgIpc) is 2.59. The molecule has 0 saturated carbocycles. The molecule has 8 heteroatoms. The number of rotatable bonds is 3. The van der Waals surface area contributed by atoms with Crippen molar-refractivity contribution in [3.05, 3.63) is 29.0 Å². The van der Waals surface area contributed by atoms with E-state index in [-0.39, 0.29) is 0 Å². The Morgan fingerprint density at radius 1 is 1.33 bits per heavy atom. The number of nitrogens with one attached hydrogen (secondary N) is 2. The highest BCUT2D eigenvalue weighted by molar-refractivity contribution is 7.92. The summed E-state index contributed by atoms with van der Waals surface area (Å²) in [5.74, 6) is 0.700. The van der Waals surface area contributed by atoms with Crippen LogP contribution in [0.1, 0.15) is 0 Å². The molecule has 1 aromatic carbocycles. The van der Waals surface area contributed by atoms with E-state index in [1.54, 1.807) is 28.8 Å². The summed E-state index contributed by atoms with van der Waals surface area (Å²) in [5.41, 5.74) is 1.36. The molecule has 1 heterocycles. The third kappa shape index (κ3) is 2.77. The minimum absolute atomic E-state index is 0.512. The Labute approximate surface area is 110 Å². The second kappa shape index (κ2) is 4.54. The minimum Gasteiger partial charge on any atom is -0.303 e. The number of nitrogens with zero attached hydrogens (tertiary/aromatic N) is 2. The topological polar surface area (TPSA) is 79.8 Å². The van der Waals surface area contributed by atoms with E-state index in [0.29, 0.717) is 16.3 Å². The molecule has 0 saturated heterocycles. The van der Waals surface area contributed by atoms with Gasteiger partial charge in [-0.2, -0.15) is 5.10 Å². The summed E-state index contributed by atoms with van der Waals surface area (Å²) in [6.07, 6.45) is 1.11. The molecule has 2 rings (SSSR count). The second-order valence-electron chi connectivity index (χ2n) is 3.86. The van der Waals surface area contributed by atoms with E-state index in [1.807, 2.05) is 7.05 Å². The van der Waals surface area contributed by atoms with Gasteiger partial charge in [-0.15, -0.1) is 0 Å². The number of anilines is 1. The monoisotopic (exact) mass is 284 g/mol. The van der Waals surface area contributed by atoms with Crippen molar-refractivity contribution < 1.29 is 8.42 Å². The van der Waals surface area contributed by atoms with Crippen molar-refractivity contribution in [3.8, 4) is 11.4 Å². The molecule has 1 aromatic heterocycles. The van der Waals surface area contributed by atoms with Crippen molar-refractivity contribution in [3.63, 3.8) is 0 Å². The highest BCUT2D eigenvalue weighted by Gasteiger charge is 2.06. The Hall–Kier alpha value is -1.67. The molecule has 0 aliphatic rings. The van der Waals surface area contributed by atoms with Gasteiger partial charge in [-0.25, -0.2) is 8.42 Å². The Morgan fingerprint density at radius 3 is 2.39 bits per heavy atom. The fraction of sp³-hybridized carbons (Fsp3) is 0.200. The zero-order valence-corrected chi connectivity index (χ0v) is 11.5. The Balaban J connectivity index is 2.33. The molecule has 0 unspecified atom stereocenters. The van der Waals surface area contributed by atoms with Gasteiger partial charge in [0.05, 0.1) is 6.26 Å². The van der Waals surface area contributed by atoms with Crippen LogP contribution in [0.15, 0.2) is 24.3 Å². The maximum atomic E-state index is 11.1. The third-order valence-electron chi connectivity index (χ3n) is 2.33. The summed E-state index contributed by atoms with van der Waals surface area (Å²) >= 11 is 5.02. The van der Waals surface area contributed by atoms with Gasteiger partial charge in [-0.1, -0.05) is 0 Å². The fourth-order valence-corrected chi connectivity index (χ4v) is 2.20. The molecule has 96 valence electrons. The van der Waals surface area contributed by atoms with Crippen molar-refractivity contribution in [2.75, 3.05) is 11.0 Å². The summed E-state index contributed by atoms with van der Waals surface area (Å²) in [6, 6.07) is 6.90. The largest absolute Gasteiger partial charge is 0.303 e. The smallest absolute Gasteiger partial charge is 0.229 e. The summed E-state index contributed by atoms with van der Waals surface area (Å²) in [4.78, 5) is 0. The predicted molar refractivity (Wildman–Crippen MR) is 72.3 cm³/mol. The lowest BCUT2D eigenvalue weighted by Gasteiger charge is -2.05. The molecule has 0 amide bonds. The second-order valence-corrected chi connectivity index (χ2v) is 6.00. The van der Waals surface area contributed by atoms with E-state index in [4.69, 9.17) is 12.2 Å². The first-order valence-electron chi connectivity index (χ1n) is 5.06. The Bertz CT molecular complexity index is 713. The van der Waals surface area contributed by atoms with Crippen LogP contribution in [0.3, 0.4) is 0 Å². The number of aromatic nitrogens is 3. The number of aromatic amines is 1. The molecule has 2 aromatic rings. The average molecular weight is 284 g/mol. The van der Waals surface area contributed by atoms with E-state index in [2.05, 4.69) is 14.9 Å². The highest BCUT2D eigenvalue weighted by atomic mass is 32.2. The number of H-pyrrole nitrogens is 1. The van der Waals surface area contributed by atoms with Crippen LogP contribution in [-0.4, -0.2) is 29.4 Å².